The molecule has 0 unspecified atom stereocenters. The second kappa shape index (κ2) is 15.6. The summed E-state index contributed by atoms with van der Waals surface area (Å²) >= 11 is 0. The van der Waals surface area contributed by atoms with E-state index in [1.54, 1.807) is 44.2 Å². The first-order valence-electron chi connectivity index (χ1n) is 16.8. The number of rotatable bonds is 7. The van der Waals surface area contributed by atoms with Crippen LogP contribution in [-0.2, 0) is 42.9 Å². The van der Waals surface area contributed by atoms with E-state index < -0.39 is 94.9 Å². The zero-order valence-corrected chi connectivity index (χ0v) is 30.3. The standard InChI is InChI=1S/C39H45NO12/c1-22-16-17-37(6,7)33(50-36(46)28-15-12-18-40-20-28)29(48-24(3)41)19-23(2)31(49-25(4)42)30-34(51-35(45)27-13-10-9-11-14-27)38(8,47)21-39(30,32(22)44)52-26(5)43/h9-18,20,22,29-31,33-34,47H,2,19,21H2,1,3-8H3/b17-16+/t22-,29+,30-,31-,33+,34+,38+,39+/m0/s1. The third-order valence-electron chi connectivity index (χ3n) is 9.32. The number of carbonyl (C=O) groups excluding carboxylic acids is 6. The molecule has 2 aromatic rings. The van der Waals surface area contributed by atoms with E-state index in [9.17, 15) is 33.9 Å². The third kappa shape index (κ3) is 8.64. The zero-order valence-electron chi connectivity index (χ0n) is 30.3. The number of ether oxygens (including phenoxy) is 5. The second-order valence-electron chi connectivity index (χ2n) is 14.2. The molecule has 2 aliphatic rings. The third-order valence-corrected chi connectivity index (χ3v) is 9.32. The molecule has 0 amide bonds. The molecule has 1 aromatic heterocycles. The van der Waals surface area contributed by atoms with Crippen LogP contribution in [0.2, 0.25) is 0 Å². The predicted octanol–water partition coefficient (Wildman–Crippen LogP) is 4.52. The summed E-state index contributed by atoms with van der Waals surface area (Å²) in [6, 6.07) is 10.9. The first-order chi connectivity index (χ1) is 24.3. The van der Waals surface area contributed by atoms with Gasteiger partial charge in [-0.1, -0.05) is 57.7 Å². The van der Waals surface area contributed by atoms with Crippen LogP contribution in [0.1, 0.15) is 82.0 Å². The molecular weight excluding hydrogens is 674 g/mol. The van der Waals surface area contributed by atoms with Crippen molar-refractivity contribution < 1.29 is 57.6 Å². The van der Waals surface area contributed by atoms with Crippen molar-refractivity contribution in [1.29, 1.82) is 0 Å². The Balaban J connectivity index is 1.97. The molecule has 0 bridgehead atoms. The van der Waals surface area contributed by atoms with Gasteiger partial charge in [0.25, 0.3) is 0 Å². The summed E-state index contributed by atoms with van der Waals surface area (Å²) in [7, 11) is 0. The average Bonchev–Trinajstić information content (AvgIpc) is 3.29. The van der Waals surface area contributed by atoms with Crippen LogP contribution in [0.25, 0.3) is 0 Å². The number of ketones is 1. The predicted molar refractivity (Wildman–Crippen MR) is 184 cm³/mol. The Hall–Kier alpha value is -5.17. The van der Waals surface area contributed by atoms with E-state index in [4.69, 9.17) is 23.7 Å². The van der Waals surface area contributed by atoms with Gasteiger partial charge in [-0.3, -0.25) is 24.2 Å². The molecule has 0 aliphatic heterocycles. The van der Waals surface area contributed by atoms with E-state index in [1.807, 2.05) is 0 Å². The maximum atomic E-state index is 14.8. The van der Waals surface area contributed by atoms with Crippen LogP contribution in [0.15, 0.2) is 79.2 Å². The molecule has 1 aromatic carbocycles. The van der Waals surface area contributed by atoms with Crippen LogP contribution in [0.3, 0.4) is 0 Å². The summed E-state index contributed by atoms with van der Waals surface area (Å²) in [4.78, 5) is 84.1. The molecule has 1 N–H and O–H groups in total. The fraction of sp³-hybridized carbons (Fsp3) is 0.462. The number of allylic oxidation sites excluding steroid dienone is 1. The number of hydrogen-bond acceptors (Lipinski definition) is 13. The van der Waals surface area contributed by atoms with Crippen molar-refractivity contribution in [3.63, 3.8) is 0 Å². The molecule has 0 radical (unpaired) electrons. The highest BCUT2D eigenvalue weighted by molar-refractivity contribution is 5.94. The van der Waals surface area contributed by atoms with Gasteiger partial charge in [0.2, 0.25) is 0 Å². The normalized spacial score (nSPS) is 30.7. The van der Waals surface area contributed by atoms with Crippen molar-refractivity contribution in [1.82, 2.24) is 4.98 Å². The van der Waals surface area contributed by atoms with Crippen molar-refractivity contribution in [3.05, 3.63) is 90.3 Å². The molecule has 1 heterocycles. The van der Waals surface area contributed by atoms with Gasteiger partial charge in [0.1, 0.15) is 30.0 Å². The van der Waals surface area contributed by atoms with E-state index in [0.717, 1.165) is 13.8 Å². The molecule has 52 heavy (non-hydrogen) atoms. The molecule has 13 nitrogen and oxygen atoms in total. The summed E-state index contributed by atoms with van der Waals surface area (Å²) in [6.07, 6.45) is -0.598. The minimum Gasteiger partial charge on any atom is -0.458 e. The van der Waals surface area contributed by atoms with Crippen molar-refractivity contribution in [3.8, 4) is 0 Å². The van der Waals surface area contributed by atoms with Gasteiger partial charge in [0, 0.05) is 57.3 Å². The Kier molecular flexibility index (Phi) is 11.9. The van der Waals surface area contributed by atoms with Crippen molar-refractivity contribution in [2.24, 2.45) is 17.3 Å². The summed E-state index contributed by atoms with van der Waals surface area (Å²) in [6.45, 7) is 13.8. The number of hydrogen-bond donors (Lipinski definition) is 1. The lowest BCUT2D eigenvalue weighted by molar-refractivity contribution is -0.182. The lowest BCUT2D eigenvalue weighted by atomic mass is 9.72. The lowest BCUT2D eigenvalue weighted by Gasteiger charge is -2.42. The van der Waals surface area contributed by atoms with Crippen molar-refractivity contribution >= 4 is 35.6 Å². The number of pyridine rings is 1. The molecular formula is C39H45NO12. The quantitative estimate of drug-likeness (QED) is 0.240. The van der Waals surface area contributed by atoms with Crippen LogP contribution in [0.4, 0.5) is 0 Å². The first-order valence-corrected chi connectivity index (χ1v) is 16.8. The van der Waals surface area contributed by atoms with Gasteiger partial charge in [0.15, 0.2) is 11.4 Å². The van der Waals surface area contributed by atoms with E-state index in [1.165, 1.54) is 57.4 Å². The first kappa shape index (κ1) is 39.6. The number of esters is 5. The number of fused-ring (bicyclic) bond motifs is 1. The lowest BCUT2D eigenvalue weighted by Crippen LogP contribution is -2.56. The maximum Gasteiger partial charge on any atom is 0.340 e. The smallest absolute Gasteiger partial charge is 0.340 e. The molecule has 13 heteroatoms. The maximum absolute atomic E-state index is 14.8. The molecule has 0 saturated heterocycles. The van der Waals surface area contributed by atoms with Gasteiger partial charge < -0.3 is 28.8 Å². The number of benzene rings is 1. The van der Waals surface area contributed by atoms with E-state index in [2.05, 4.69) is 11.6 Å². The minimum atomic E-state index is -2.23. The Morgan fingerprint density at radius 1 is 0.827 bits per heavy atom. The molecule has 278 valence electrons. The van der Waals surface area contributed by atoms with Gasteiger partial charge in [-0.15, -0.1) is 0 Å². The van der Waals surface area contributed by atoms with Crippen LogP contribution in [0, 0.1) is 17.3 Å². The largest absolute Gasteiger partial charge is 0.458 e. The topological polar surface area (TPSA) is 182 Å². The summed E-state index contributed by atoms with van der Waals surface area (Å²) in [5.74, 6) is -7.40. The average molecular weight is 720 g/mol. The molecule has 8 atom stereocenters. The summed E-state index contributed by atoms with van der Waals surface area (Å²) in [5, 5.41) is 12.0. The van der Waals surface area contributed by atoms with Crippen LogP contribution >= 0.6 is 0 Å². The van der Waals surface area contributed by atoms with E-state index >= 15 is 0 Å². The van der Waals surface area contributed by atoms with Gasteiger partial charge in [-0.2, -0.15) is 0 Å². The molecule has 0 spiro atoms. The zero-order chi connectivity index (χ0) is 38.6. The Labute approximate surface area is 302 Å². The van der Waals surface area contributed by atoms with Gasteiger partial charge in [-0.25, -0.2) is 9.59 Å². The van der Waals surface area contributed by atoms with Crippen molar-refractivity contribution in [2.45, 2.75) is 96.9 Å². The second-order valence-corrected chi connectivity index (χ2v) is 14.2. The fourth-order valence-corrected chi connectivity index (χ4v) is 7.13. The minimum absolute atomic E-state index is 0.0182. The van der Waals surface area contributed by atoms with Crippen LogP contribution in [0.5, 0.6) is 0 Å². The highest BCUT2D eigenvalue weighted by atomic mass is 16.6. The van der Waals surface area contributed by atoms with Gasteiger partial charge in [0.05, 0.1) is 17.0 Å². The highest BCUT2D eigenvalue weighted by Gasteiger charge is 2.70. The summed E-state index contributed by atoms with van der Waals surface area (Å²) in [5.41, 5.74) is -5.12. The number of aromatic nitrogens is 1. The molecule has 4 rings (SSSR count). The SMILES string of the molecule is C=C1C[C@@H](OC(C)=O)[C@@H](OC(=O)c2cccnc2)C(C)(C)/C=C/[C@H](C)C(=O)[C@@]2(OC(C)=O)C[C@@](C)(O)[C@H](OC(=O)c3ccccc3)[C@@H]2[C@H]1OC(C)=O. The number of aliphatic hydroxyl groups is 1. The summed E-state index contributed by atoms with van der Waals surface area (Å²) < 4.78 is 29.5. The van der Waals surface area contributed by atoms with E-state index in [0.29, 0.717) is 0 Å². The van der Waals surface area contributed by atoms with Crippen LogP contribution < -0.4 is 0 Å². The molecule has 1 saturated carbocycles. The van der Waals surface area contributed by atoms with Gasteiger partial charge >= 0.3 is 29.8 Å². The van der Waals surface area contributed by atoms with Crippen molar-refractivity contribution in [2.75, 3.05) is 0 Å². The molecule has 1 fully saturated rings. The molecule has 2 aliphatic carbocycles. The number of carbonyl (C=O) groups is 6. The monoisotopic (exact) mass is 719 g/mol. The highest BCUT2D eigenvalue weighted by Crippen LogP contribution is 2.52. The fourth-order valence-electron chi connectivity index (χ4n) is 7.13. The van der Waals surface area contributed by atoms with Crippen LogP contribution in [-0.4, -0.2) is 81.3 Å². The number of Topliss-reactive ketones (excluding diaryl/α,β-unsaturated/α-hetero) is 1. The Bertz CT molecular complexity index is 1730. The number of nitrogens with zero attached hydrogens (tertiary/aromatic N) is 1. The van der Waals surface area contributed by atoms with E-state index in [-0.39, 0.29) is 23.1 Å². The Morgan fingerprint density at radius 3 is 2.00 bits per heavy atom. The van der Waals surface area contributed by atoms with Gasteiger partial charge in [-0.05, 0) is 36.8 Å². The Morgan fingerprint density at radius 2 is 1.42 bits per heavy atom.